The Morgan fingerprint density at radius 1 is 1.23 bits per heavy atom. The van der Waals surface area contributed by atoms with Crippen molar-refractivity contribution < 1.29 is 5.21 Å². The Kier molecular flexibility index (Phi) is 3.78. The number of aromatic amines is 1. The molecule has 3 aromatic rings. The molecule has 1 unspecified atom stereocenters. The third-order valence-electron chi connectivity index (χ3n) is 3.77. The van der Waals surface area contributed by atoms with Crippen molar-refractivity contribution in [3.8, 4) is 0 Å². The molecule has 0 aliphatic rings. The number of benzene rings is 2. The number of amidine groups is 1. The Labute approximate surface area is 128 Å². The predicted molar refractivity (Wildman–Crippen MR) is 87.1 cm³/mol. The summed E-state index contributed by atoms with van der Waals surface area (Å²) in [6.45, 7) is 2.05. The normalized spacial score (nSPS) is 13.4. The first kappa shape index (κ1) is 14.1. The van der Waals surface area contributed by atoms with Crippen molar-refractivity contribution in [3.63, 3.8) is 0 Å². The van der Waals surface area contributed by atoms with E-state index < -0.39 is 0 Å². The first-order valence-corrected chi connectivity index (χ1v) is 7.15. The van der Waals surface area contributed by atoms with Crippen LogP contribution in [0.15, 0.2) is 53.7 Å². The molecule has 0 aliphatic carbocycles. The Balaban J connectivity index is 1.97. The van der Waals surface area contributed by atoms with Gasteiger partial charge in [-0.05, 0) is 31.0 Å². The fourth-order valence-electron chi connectivity index (χ4n) is 2.51. The minimum atomic E-state index is -0.292. The van der Waals surface area contributed by atoms with Crippen LogP contribution in [0.5, 0.6) is 0 Å². The molecule has 0 saturated carbocycles. The molecule has 0 bridgehead atoms. The second-order valence-electron chi connectivity index (χ2n) is 5.41. The van der Waals surface area contributed by atoms with Crippen LogP contribution in [0.25, 0.3) is 11.0 Å². The fourth-order valence-corrected chi connectivity index (χ4v) is 2.51. The van der Waals surface area contributed by atoms with Crippen LogP contribution in [-0.4, -0.2) is 21.0 Å². The molecule has 1 heterocycles. The molecule has 0 amide bonds. The third kappa shape index (κ3) is 2.79. The van der Waals surface area contributed by atoms with Gasteiger partial charge in [0.2, 0.25) is 0 Å². The van der Waals surface area contributed by atoms with Crippen LogP contribution < -0.4 is 5.73 Å². The number of imidazole rings is 1. The number of oxime groups is 1. The summed E-state index contributed by atoms with van der Waals surface area (Å²) in [7, 11) is 0. The summed E-state index contributed by atoms with van der Waals surface area (Å²) in [5.41, 5.74) is 10.0. The largest absolute Gasteiger partial charge is 0.409 e. The molecule has 3 rings (SSSR count). The quantitative estimate of drug-likeness (QED) is 0.299. The van der Waals surface area contributed by atoms with Crippen molar-refractivity contribution in [3.05, 3.63) is 65.5 Å². The standard InChI is InChI=1S/C17H18N4O/c1-11-6-8-12(9-7-11)10-13(16(18)21-22)17-19-14-4-2-3-5-15(14)20-17/h2-9,13,22H,10H2,1H3,(H2,18,21)(H,19,20). The summed E-state index contributed by atoms with van der Waals surface area (Å²) in [6, 6.07) is 16.0. The van der Waals surface area contributed by atoms with Crippen molar-refractivity contribution in [2.75, 3.05) is 0 Å². The van der Waals surface area contributed by atoms with Gasteiger partial charge in [0.1, 0.15) is 11.7 Å². The third-order valence-corrected chi connectivity index (χ3v) is 3.77. The van der Waals surface area contributed by atoms with Gasteiger partial charge in [0, 0.05) is 0 Å². The van der Waals surface area contributed by atoms with Crippen LogP contribution >= 0.6 is 0 Å². The minimum Gasteiger partial charge on any atom is -0.409 e. The number of aryl methyl sites for hydroxylation is 1. The van der Waals surface area contributed by atoms with E-state index in [-0.39, 0.29) is 11.8 Å². The molecule has 22 heavy (non-hydrogen) atoms. The van der Waals surface area contributed by atoms with Gasteiger partial charge in [-0.15, -0.1) is 0 Å². The highest BCUT2D eigenvalue weighted by Crippen LogP contribution is 2.22. The SMILES string of the molecule is Cc1ccc(CC(/C(N)=N/O)c2nc3ccccc3[nH]2)cc1. The maximum atomic E-state index is 9.08. The number of nitrogens with two attached hydrogens (primary N) is 1. The number of hydrogen-bond acceptors (Lipinski definition) is 3. The van der Waals surface area contributed by atoms with Gasteiger partial charge in [-0.3, -0.25) is 0 Å². The lowest BCUT2D eigenvalue weighted by molar-refractivity contribution is 0.315. The van der Waals surface area contributed by atoms with Crippen LogP contribution in [0.1, 0.15) is 22.9 Å². The molecule has 0 fully saturated rings. The van der Waals surface area contributed by atoms with Crippen LogP contribution in [0.3, 0.4) is 0 Å². The Hall–Kier alpha value is -2.82. The zero-order valence-electron chi connectivity index (χ0n) is 12.3. The van der Waals surface area contributed by atoms with Gasteiger partial charge >= 0.3 is 0 Å². The summed E-state index contributed by atoms with van der Waals surface area (Å²) in [4.78, 5) is 7.83. The molecule has 1 atom stereocenters. The van der Waals surface area contributed by atoms with Crippen molar-refractivity contribution >= 4 is 16.9 Å². The van der Waals surface area contributed by atoms with Gasteiger partial charge in [-0.25, -0.2) is 4.98 Å². The minimum absolute atomic E-state index is 0.152. The second kappa shape index (κ2) is 5.89. The number of aromatic nitrogens is 2. The summed E-state index contributed by atoms with van der Waals surface area (Å²) >= 11 is 0. The lowest BCUT2D eigenvalue weighted by Crippen LogP contribution is -2.25. The number of para-hydroxylation sites is 2. The van der Waals surface area contributed by atoms with Gasteiger partial charge in [-0.1, -0.05) is 47.1 Å². The predicted octanol–water partition coefficient (Wildman–Crippen LogP) is 2.94. The highest BCUT2D eigenvalue weighted by molar-refractivity contribution is 5.87. The van der Waals surface area contributed by atoms with Gasteiger partial charge in [-0.2, -0.15) is 0 Å². The zero-order chi connectivity index (χ0) is 15.5. The monoisotopic (exact) mass is 294 g/mol. The lowest BCUT2D eigenvalue weighted by Gasteiger charge is -2.13. The Morgan fingerprint density at radius 3 is 2.64 bits per heavy atom. The van der Waals surface area contributed by atoms with Crippen LogP contribution in [0, 0.1) is 6.92 Å². The van der Waals surface area contributed by atoms with Crippen LogP contribution in [0.2, 0.25) is 0 Å². The van der Waals surface area contributed by atoms with E-state index in [2.05, 4.69) is 39.4 Å². The van der Waals surface area contributed by atoms with Crippen molar-refractivity contribution in [1.82, 2.24) is 9.97 Å². The zero-order valence-corrected chi connectivity index (χ0v) is 12.3. The molecule has 4 N–H and O–H groups in total. The molecular weight excluding hydrogens is 276 g/mol. The summed E-state index contributed by atoms with van der Waals surface area (Å²) < 4.78 is 0. The van der Waals surface area contributed by atoms with E-state index in [9.17, 15) is 0 Å². The number of H-pyrrole nitrogens is 1. The number of rotatable bonds is 4. The highest BCUT2D eigenvalue weighted by atomic mass is 16.4. The molecule has 0 saturated heterocycles. The molecule has 5 nitrogen and oxygen atoms in total. The summed E-state index contributed by atoms with van der Waals surface area (Å²) in [6.07, 6.45) is 0.621. The smallest absolute Gasteiger partial charge is 0.150 e. The number of nitrogens with one attached hydrogen (secondary N) is 1. The van der Waals surface area contributed by atoms with Gasteiger partial charge in [0.15, 0.2) is 0 Å². The molecule has 0 radical (unpaired) electrons. The second-order valence-corrected chi connectivity index (χ2v) is 5.41. The summed E-state index contributed by atoms with van der Waals surface area (Å²) in [5, 5.41) is 12.3. The molecule has 0 aliphatic heterocycles. The van der Waals surface area contributed by atoms with E-state index in [0.29, 0.717) is 12.2 Å². The average molecular weight is 294 g/mol. The van der Waals surface area contributed by atoms with Gasteiger partial charge in [0.05, 0.1) is 17.0 Å². The number of nitrogens with zero attached hydrogens (tertiary/aromatic N) is 2. The number of fused-ring (bicyclic) bond motifs is 1. The maximum absolute atomic E-state index is 9.08. The number of hydrogen-bond donors (Lipinski definition) is 3. The first-order chi connectivity index (χ1) is 10.7. The van der Waals surface area contributed by atoms with E-state index in [1.54, 1.807) is 0 Å². The highest BCUT2D eigenvalue weighted by Gasteiger charge is 2.21. The van der Waals surface area contributed by atoms with E-state index in [1.165, 1.54) is 5.56 Å². The van der Waals surface area contributed by atoms with Gasteiger partial charge in [0.25, 0.3) is 0 Å². The molecule has 112 valence electrons. The molecule has 0 spiro atoms. The van der Waals surface area contributed by atoms with E-state index in [4.69, 9.17) is 10.9 Å². The van der Waals surface area contributed by atoms with Crippen LogP contribution in [-0.2, 0) is 6.42 Å². The van der Waals surface area contributed by atoms with Crippen molar-refractivity contribution in [1.29, 1.82) is 0 Å². The van der Waals surface area contributed by atoms with E-state index in [0.717, 1.165) is 16.6 Å². The van der Waals surface area contributed by atoms with Crippen molar-refractivity contribution in [2.24, 2.45) is 10.9 Å². The van der Waals surface area contributed by atoms with Gasteiger partial charge < -0.3 is 15.9 Å². The van der Waals surface area contributed by atoms with E-state index in [1.807, 2.05) is 31.2 Å². The van der Waals surface area contributed by atoms with Crippen molar-refractivity contribution in [2.45, 2.75) is 19.3 Å². The lowest BCUT2D eigenvalue weighted by atomic mass is 9.97. The van der Waals surface area contributed by atoms with E-state index >= 15 is 0 Å². The first-order valence-electron chi connectivity index (χ1n) is 7.15. The Morgan fingerprint density at radius 2 is 1.95 bits per heavy atom. The summed E-state index contributed by atoms with van der Waals surface area (Å²) in [5.74, 6) is 0.566. The molecule has 1 aromatic heterocycles. The molecule has 5 heteroatoms. The average Bonchev–Trinajstić information content (AvgIpc) is 2.97. The maximum Gasteiger partial charge on any atom is 0.150 e. The van der Waals surface area contributed by atoms with Crippen LogP contribution in [0.4, 0.5) is 0 Å². The fraction of sp³-hybridized carbons (Fsp3) is 0.176. The Bertz CT molecular complexity index is 772. The molecule has 2 aromatic carbocycles. The topological polar surface area (TPSA) is 87.3 Å². The molecular formula is C17H18N4O.